The highest BCUT2D eigenvalue weighted by Crippen LogP contribution is 2.31. The van der Waals surface area contributed by atoms with Crippen LogP contribution in [0.5, 0.6) is 0 Å². The summed E-state index contributed by atoms with van der Waals surface area (Å²) < 4.78 is 0. The number of fused-ring (bicyclic) bond motifs is 1. The van der Waals surface area contributed by atoms with Gasteiger partial charge in [-0.15, -0.1) is 0 Å². The van der Waals surface area contributed by atoms with Crippen LogP contribution in [0.2, 0.25) is 0 Å². The number of aromatic nitrogens is 8. The molecule has 0 aliphatic carbocycles. The first-order valence-electron chi connectivity index (χ1n) is 9.38. The van der Waals surface area contributed by atoms with Crippen molar-refractivity contribution in [3.05, 3.63) is 84.9 Å². The Bertz CT molecular complexity index is 1360. The third kappa shape index (κ3) is 3.00. The number of nitrogens with zero attached hydrogens (tertiary/aromatic N) is 5. The average molecular weight is 394 g/mol. The van der Waals surface area contributed by atoms with E-state index >= 15 is 0 Å². The van der Waals surface area contributed by atoms with E-state index in [0.29, 0.717) is 5.82 Å². The minimum atomic E-state index is 0.683. The Kier molecular flexibility index (Phi) is 4.29. The van der Waals surface area contributed by atoms with Crippen LogP contribution in [0.1, 0.15) is 17.0 Å². The quantitative estimate of drug-likeness (QED) is 0.389. The van der Waals surface area contributed by atoms with Gasteiger partial charge in [0.15, 0.2) is 5.82 Å². The molecule has 0 fully saturated rings. The number of hydrogen-bond donors (Lipinski definition) is 3. The third-order valence-electron chi connectivity index (χ3n) is 4.88. The first-order valence-corrected chi connectivity index (χ1v) is 9.38. The average Bonchev–Trinajstić information content (AvgIpc) is 3.52. The molecule has 0 atom stereocenters. The van der Waals surface area contributed by atoms with Crippen molar-refractivity contribution in [2.24, 2.45) is 0 Å². The minimum absolute atomic E-state index is 0.683. The van der Waals surface area contributed by atoms with E-state index in [1.54, 1.807) is 30.9 Å². The fraction of sp³-hybridized carbons (Fsp3) is 0.0455. The topological polar surface area (TPSA) is 112 Å². The molecule has 0 spiro atoms. The number of allylic oxidation sites excluding steroid dienone is 2. The highest BCUT2D eigenvalue weighted by molar-refractivity contribution is 5.93. The third-order valence-corrected chi connectivity index (χ3v) is 4.88. The van der Waals surface area contributed by atoms with Crippen LogP contribution < -0.4 is 0 Å². The van der Waals surface area contributed by atoms with Crippen molar-refractivity contribution < 1.29 is 0 Å². The lowest BCUT2D eigenvalue weighted by Gasteiger charge is -2.05. The largest absolute Gasteiger partial charge is 0.340 e. The molecule has 0 aromatic carbocycles. The summed E-state index contributed by atoms with van der Waals surface area (Å²) in [6.45, 7) is 5.85. The number of nitrogens with one attached hydrogen (secondary N) is 3. The molecular formula is C22H18N8. The lowest BCUT2D eigenvalue weighted by molar-refractivity contribution is 1.09. The van der Waals surface area contributed by atoms with Gasteiger partial charge in [-0.3, -0.25) is 20.2 Å². The highest BCUT2D eigenvalue weighted by Gasteiger charge is 2.18. The second-order valence-corrected chi connectivity index (χ2v) is 6.79. The van der Waals surface area contributed by atoms with Crippen LogP contribution in [0.4, 0.5) is 0 Å². The van der Waals surface area contributed by atoms with Gasteiger partial charge in [0.1, 0.15) is 5.69 Å². The smallest absolute Gasteiger partial charge is 0.159 e. The van der Waals surface area contributed by atoms with Crippen molar-refractivity contribution in [1.82, 2.24) is 40.3 Å². The molecular weight excluding hydrogens is 376 g/mol. The molecule has 0 amide bonds. The Morgan fingerprint density at radius 3 is 2.80 bits per heavy atom. The monoisotopic (exact) mass is 394 g/mol. The number of aryl methyl sites for hydroxylation is 1. The molecule has 0 aliphatic heterocycles. The van der Waals surface area contributed by atoms with Crippen molar-refractivity contribution in [1.29, 1.82) is 0 Å². The van der Waals surface area contributed by atoms with Crippen LogP contribution in [0, 0.1) is 6.92 Å². The van der Waals surface area contributed by atoms with E-state index in [0.717, 1.165) is 50.4 Å². The van der Waals surface area contributed by atoms with Gasteiger partial charge in [0.2, 0.25) is 0 Å². The van der Waals surface area contributed by atoms with Crippen LogP contribution in [0.25, 0.3) is 39.3 Å². The number of pyridine rings is 2. The predicted molar refractivity (Wildman–Crippen MR) is 115 cm³/mol. The number of hydrogen-bond acceptors (Lipinski definition) is 5. The van der Waals surface area contributed by atoms with E-state index < -0.39 is 0 Å². The lowest BCUT2D eigenvalue weighted by Crippen LogP contribution is -1.91. The molecule has 5 heterocycles. The van der Waals surface area contributed by atoms with E-state index in [1.165, 1.54) is 0 Å². The molecule has 0 radical (unpaired) electrons. The van der Waals surface area contributed by atoms with Gasteiger partial charge in [-0.05, 0) is 30.7 Å². The Morgan fingerprint density at radius 1 is 1.17 bits per heavy atom. The van der Waals surface area contributed by atoms with Crippen molar-refractivity contribution in [3.63, 3.8) is 0 Å². The molecule has 5 aromatic rings. The van der Waals surface area contributed by atoms with Crippen LogP contribution in [0.15, 0.2) is 67.9 Å². The molecule has 0 saturated carbocycles. The molecule has 5 rings (SSSR count). The standard InChI is InChI=1S/C22H18N8/c1-3-4-16(14-5-7-23-8-6-14)20-13(2)27-22(28-20)21-17-9-18(15-10-25-26-11-15)24-12-19(17)29-30-21/h3-12H,1H2,2H3,(H,25,26)(H,27,28)(H,29,30)/b16-4-. The zero-order valence-electron chi connectivity index (χ0n) is 16.2. The summed E-state index contributed by atoms with van der Waals surface area (Å²) in [5.41, 5.74) is 7.06. The maximum absolute atomic E-state index is 4.88. The summed E-state index contributed by atoms with van der Waals surface area (Å²) in [6, 6.07) is 5.89. The summed E-state index contributed by atoms with van der Waals surface area (Å²) in [6.07, 6.45) is 12.6. The maximum atomic E-state index is 4.88. The van der Waals surface area contributed by atoms with Gasteiger partial charge in [0.25, 0.3) is 0 Å². The Morgan fingerprint density at radius 2 is 2.03 bits per heavy atom. The summed E-state index contributed by atoms with van der Waals surface area (Å²) in [5, 5.41) is 15.3. The van der Waals surface area contributed by atoms with E-state index in [-0.39, 0.29) is 0 Å². The Labute approximate surface area is 171 Å². The van der Waals surface area contributed by atoms with E-state index in [1.807, 2.05) is 37.4 Å². The molecule has 5 aromatic heterocycles. The fourth-order valence-electron chi connectivity index (χ4n) is 3.44. The normalized spacial score (nSPS) is 11.8. The van der Waals surface area contributed by atoms with Gasteiger partial charge in [0.05, 0.1) is 29.3 Å². The first kappa shape index (κ1) is 17.7. The lowest BCUT2D eigenvalue weighted by atomic mass is 10.0. The summed E-state index contributed by atoms with van der Waals surface area (Å²) >= 11 is 0. The van der Waals surface area contributed by atoms with Crippen molar-refractivity contribution in [2.45, 2.75) is 6.92 Å². The number of H-pyrrole nitrogens is 3. The molecule has 0 aliphatic rings. The highest BCUT2D eigenvalue weighted by atomic mass is 15.1. The molecule has 0 saturated heterocycles. The summed E-state index contributed by atoms with van der Waals surface area (Å²) in [7, 11) is 0. The van der Waals surface area contributed by atoms with Gasteiger partial charge in [0, 0.05) is 40.8 Å². The predicted octanol–water partition coefficient (Wildman–Crippen LogP) is 4.06. The van der Waals surface area contributed by atoms with Gasteiger partial charge in [-0.25, -0.2) is 4.98 Å². The number of aromatic amines is 3. The molecule has 146 valence electrons. The molecule has 8 heteroatoms. The van der Waals surface area contributed by atoms with Gasteiger partial charge < -0.3 is 4.98 Å². The maximum Gasteiger partial charge on any atom is 0.159 e. The van der Waals surface area contributed by atoms with E-state index in [9.17, 15) is 0 Å². The SMILES string of the molecule is C=C/C=C(/c1ccncc1)c1nc(-c2n[nH]c3cnc(-c4cn[nH]c4)cc23)[nH]c1C. The van der Waals surface area contributed by atoms with Gasteiger partial charge >= 0.3 is 0 Å². The Balaban J connectivity index is 1.62. The molecule has 30 heavy (non-hydrogen) atoms. The van der Waals surface area contributed by atoms with Gasteiger partial charge in [-0.1, -0.05) is 18.7 Å². The van der Waals surface area contributed by atoms with Crippen LogP contribution in [-0.2, 0) is 0 Å². The van der Waals surface area contributed by atoms with Crippen molar-refractivity contribution >= 4 is 16.5 Å². The number of rotatable bonds is 5. The van der Waals surface area contributed by atoms with Crippen LogP contribution in [-0.4, -0.2) is 40.3 Å². The van der Waals surface area contributed by atoms with Crippen molar-refractivity contribution in [3.8, 4) is 22.8 Å². The van der Waals surface area contributed by atoms with E-state index in [2.05, 4.69) is 41.9 Å². The molecule has 8 nitrogen and oxygen atoms in total. The van der Waals surface area contributed by atoms with Crippen LogP contribution in [0.3, 0.4) is 0 Å². The van der Waals surface area contributed by atoms with Crippen LogP contribution >= 0.6 is 0 Å². The summed E-state index contributed by atoms with van der Waals surface area (Å²) in [5.74, 6) is 0.683. The van der Waals surface area contributed by atoms with Crippen molar-refractivity contribution in [2.75, 3.05) is 0 Å². The fourth-order valence-corrected chi connectivity index (χ4v) is 3.44. The Hall–Kier alpha value is -4.33. The zero-order valence-corrected chi connectivity index (χ0v) is 16.2. The molecule has 3 N–H and O–H groups in total. The zero-order chi connectivity index (χ0) is 20.5. The molecule has 0 unspecified atom stereocenters. The number of imidazole rings is 1. The van der Waals surface area contributed by atoms with E-state index in [4.69, 9.17) is 4.98 Å². The van der Waals surface area contributed by atoms with Gasteiger partial charge in [-0.2, -0.15) is 10.2 Å². The second kappa shape index (κ2) is 7.25. The second-order valence-electron chi connectivity index (χ2n) is 6.79. The molecule has 0 bridgehead atoms. The first-order chi connectivity index (χ1) is 14.7. The minimum Gasteiger partial charge on any atom is -0.340 e. The summed E-state index contributed by atoms with van der Waals surface area (Å²) in [4.78, 5) is 16.8.